The van der Waals surface area contributed by atoms with E-state index in [0.29, 0.717) is 23.4 Å². The number of hydrogen-bond acceptors (Lipinski definition) is 6. The number of esters is 1. The van der Waals surface area contributed by atoms with Gasteiger partial charge in [0.05, 0.1) is 18.3 Å². The summed E-state index contributed by atoms with van der Waals surface area (Å²) in [5, 5.41) is 7.63. The Morgan fingerprint density at radius 3 is 2.79 bits per heavy atom. The molecule has 2 rings (SSSR count). The number of likely N-dealkylation sites (tertiary alicyclic amines) is 1. The summed E-state index contributed by atoms with van der Waals surface area (Å²) in [5.41, 5.74) is 0.718. The first-order valence-corrected chi connectivity index (χ1v) is 11.6. The van der Waals surface area contributed by atoms with E-state index < -0.39 is 0 Å². The van der Waals surface area contributed by atoms with Gasteiger partial charge in [-0.15, -0.1) is 11.3 Å². The lowest BCUT2D eigenvalue weighted by Gasteiger charge is -2.34. The van der Waals surface area contributed by atoms with E-state index in [4.69, 9.17) is 9.73 Å². The van der Waals surface area contributed by atoms with Crippen molar-refractivity contribution in [2.75, 3.05) is 32.8 Å². The predicted molar refractivity (Wildman–Crippen MR) is 120 cm³/mol. The minimum atomic E-state index is -0.298. The monoisotopic (exact) mass is 423 g/mol. The second-order valence-corrected chi connectivity index (χ2v) is 8.90. The van der Waals surface area contributed by atoms with Crippen molar-refractivity contribution in [3.63, 3.8) is 0 Å². The maximum Gasteiger partial charge on any atom is 0.350 e. The Morgan fingerprint density at radius 1 is 1.38 bits per heavy atom. The fourth-order valence-electron chi connectivity index (χ4n) is 3.51. The van der Waals surface area contributed by atoms with Gasteiger partial charge in [-0.05, 0) is 66.8 Å². The average Bonchev–Trinajstić information content (AvgIpc) is 3.08. The van der Waals surface area contributed by atoms with Crippen LogP contribution in [0.2, 0.25) is 0 Å². The number of aromatic nitrogens is 1. The molecule has 8 heteroatoms. The third-order valence-electron chi connectivity index (χ3n) is 5.13. The first-order chi connectivity index (χ1) is 13.8. The number of ether oxygens (including phenoxy) is 1. The van der Waals surface area contributed by atoms with Crippen LogP contribution in [0.5, 0.6) is 0 Å². The van der Waals surface area contributed by atoms with Gasteiger partial charge in [0.15, 0.2) is 5.96 Å². The van der Waals surface area contributed by atoms with Gasteiger partial charge in [0.1, 0.15) is 9.88 Å². The molecule has 2 N–H and O–H groups in total. The first kappa shape index (κ1) is 23.6. The van der Waals surface area contributed by atoms with Crippen molar-refractivity contribution in [2.24, 2.45) is 10.9 Å². The van der Waals surface area contributed by atoms with Crippen LogP contribution in [-0.4, -0.2) is 60.6 Å². The molecule has 164 valence electrons. The molecule has 1 aliphatic heterocycles. The minimum absolute atomic E-state index is 0.0433. The minimum Gasteiger partial charge on any atom is -0.462 e. The van der Waals surface area contributed by atoms with Crippen LogP contribution in [0.15, 0.2) is 4.99 Å². The molecule has 29 heavy (non-hydrogen) atoms. The maximum absolute atomic E-state index is 12.1. The molecule has 2 atom stereocenters. The largest absolute Gasteiger partial charge is 0.462 e. The summed E-state index contributed by atoms with van der Waals surface area (Å²) in [6, 6.07) is 0.549. The number of aryl methyl sites for hydroxylation is 1. The van der Waals surface area contributed by atoms with E-state index in [0.717, 1.165) is 36.3 Å². The van der Waals surface area contributed by atoms with E-state index in [1.54, 1.807) is 0 Å². The highest BCUT2D eigenvalue weighted by molar-refractivity contribution is 7.13. The van der Waals surface area contributed by atoms with Crippen molar-refractivity contribution in [2.45, 2.75) is 66.5 Å². The quantitative estimate of drug-likeness (QED) is 0.379. The lowest BCUT2D eigenvalue weighted by atomic mass is 9.97. The van der Waals surface area contributed by atoms with Crippen molar-refractivity contribution < 1.29 is 9.53 Å². The van der Waals surface area contributed by atoms with Crippen molar-refractivity contribution in [1.82, 2.24) is 20.5 Å². The smallest absolute Gasteiger partial charge is 0.350 e. The second-order valence-electron chi connectivity index (χ2n) is 7.87. The molecular weight excluding hydrogens is 386 g/mol. The Hall–Kier alpha value is -1.67. The fraction of sp³-hybridized carbons (Fsp3) is 0.762. The van der Waals surface area contributed by atoms with Gasteiger partial charge in [0.2, 0.25) is 0 Å². The standard InChI is InChI=1S/C21H37N5O2S/c1-7-22-21(23-12-17-10-9-11-26(13-17)14(3)4)25-16(6)19-24-15(5)18(29-19)20(27)28-8-2/h14,16-17H,7-13H2,1-6H3,(H2,22,23,25). The lowest BCUT2D eigenvalue weighted by molar-refractivity contribution is 0.0531. The van der Waals surface area contributed by atoms with Gasteiger partial charge in [-0.1, -0.05) is 0 Å². The number of aliphatic imine (C=N–C) groups is 1. The lowest BCUT2D eigenvalue weighted by Crippen LogP contribution is -2.42. The summed E-state index contributed by atoms with van der Waals surface area (Å²) in [7, 11) is 0. The molecule has 0 aromatic carbocycles. The van der Waals surface area contributed by atoms with Gasteiger partial charge in [0, 0.05) is 25.7 Å². The Morgan fingerprint density at radius 2 is 2.14 bits per heavy atom. The summed E-state index contributed by atoms with van der Waals surface area (Å²) in [6.07, 6.45) is 2.48. The molecule has 1 aromatic rings. The first-order valence-electron chi connectivity index (χ1n) is 10.8. The number of carbonyl (C=O) groups excluding carboxylic acids is 1. The van der Waals surface area contributed by atoms with Crippen LogP contribution in [0.3, 0.4) is 0 Å². The van der Waals surface area contributed by atoms with Gasteiger partial charge >= 0.3 is 5.97 Å². The average molecular weight is 424 g/mol. The highest BCUT2D eigenvalue weighted by atomic mass is 32.1. The number of guanidine groups is 1. The van der Waals surface area contributed by atoms with Crippen molar-refractivity contribution in [3.05, 3.63) is 15.6 Å². The number of nitrogens with zero attached hydrogens (tertiary/aromatic N) is 3. The predicted octanol–water partition coefficient (Wildman–Crippen LogP) is 3.36. The number of rotatable bonds is 8. The summed E-state index contributed by atoms with van der Waals surface area (Å²) >= 11 is 1.39. The van der Waals surface area contributed by atoms with E-state index in [1.807, 2.05) is 20.8 Å². The van der Waals surface area contributed by atoms with Crippen LogP contribution in [0.4, 0.5) is 0 Å². The molecule has 0 spiro atoms. The van der Waals surface area contributed by atoms with E-state index >= 15 is 0 Å². The zero-order valence-corrected chi connectivity index (χ0v) is 19.6. The number of carbonyl (C=O) groups is 1. The molecule has 1 saturated heterocycles. The zero-order valence-electron chi connectivity index (χ0n) is 18.7. The Labute approximate surface area is 179 Å². The highest BCUT2D eigenvalue weighted by Gasteiger charge is 2.22. The molecule has 1 fully saturated rings. The molecule has 7 nitrogen and oxygen atoms in total. The van der Waals surface area contributed by atoms with Gasteiger partial charge < -0.3 is 20.3 Å². The topological polar surface area (TPSA) is 78.9 Å². The van der Waals surface area contributed by atoms with Crippen molar-refractivity contribution in [1.29, 1.82) is 0 Å². The third-order valence-corrected chi connectivity index (χ3v) is 6.45. The molecule has 1 aliphatic rings. The molecule has 0 saturated carbocycles. The molecule has 2 unspecified atom stereocenters. The van der Waals surface area contributed by atoms with E-state index in [9.17, 15) is 4.79 Å². The number of nitrogens with one attached hydrogen (secondary N) is 2. The number of piperidine rings is 1. The SMILES string of the molecule is CCNC(=NCC1CCCN(C(C)C)C1)NC(C)c1nc(C)c(C(=O)OCC)s1. The molecule has 0 aliphatic carbocycles. The maximum atomic E-state index is 12.1. The van der Waals surface area contributed by atoms with E-state index in [-0.39, 0.29) is 12.0 Å². The third kappa shape index (κ3) is 6.96. The van der Waals surface area contributed by atoms with Gasteiger partial charge in [-0.25, -0.2) is 9.78 Å². The molecule has 0 amide bonds. The number of thiazole rings is 1. The van der Waals surface area contributed by atoms with Gasteiger partial charge in [0.25, 0.3) is 0 Å². The molecular formula is C21H37N5O2S. The molecule has 2 heterocycles. The zero-order chi connectivity index (χ0) is 21.4. The van der Waals surface area contributed by atoms with Crippen molar-refractivity contribution in [3.8, 4) is 0 Å². The Kier molecular flexibility index (Phi) is 9.36. The molecule has 1 aromatic heterocycles. The summed E-state index contributed by atoms with van der Waals surface area (Å²) in [5.74, 6) is 1.09. The van der Waals surface area contributed by atoms with Crippen LogP contribution in [0, 0.1) is 12.8 Å². The van der Waals surface area contributed by atoms with E-state index in [1.165, 1.54) is 30.7 Å². The normalized spacial score (nSPS) is 19.3. The second kappa shape index (κ2) is 11.5. The van der Waals surface area contributed by atoms with E-state index in [2.05, 4.69) is 41.3 Å². The van der Waals surface area contributed by atoms with Crippen LogP contribution in [-0.2, 0) is 4.74 Å². The van der Waals surface area contributed by atoms with Crippen LogP contribution >= 0.6 is 11.3 Å². The Bertz CT molecular complexity index is 689. The summed E-state index contributed by atoms with van der Waals surface area (Å²) < 4.78 is 5.12. The van der Waals surface area contributed by atoms with Crippen LogP contribution in [0.25, 0.3) is 0 Å². The van der Waals surface area contributed by atoms with Crippen LogP contribution in [0.1, 0.15) is 73.9 Å². The Balaban J connectivity index is 2.01. The van der Waals surface area contributed by atoms with Gasteiger partial charge in [-0.3, -0.25) is 4.99 Å². The molecule has 0 bridgehead atoms. The number of hydrogen-bond donors (Lipinski definition) is 2. The summed E-state index contributed by atoms with van der Waals surface area (Å²) in [4.78, 5) is 24.6. The molecule has 0 radical (unpaired) electrons. The fourth-order valence-corrected chi connectivity index (χ4v) is 4.47. The highest BCUT2D eigenvalue weighted by Crippen LogP contribution is 2.24. The van der Waals surface area contributed by atoms with Gasteiger partial charge in [-0.2, -0.15) is 0 Å². The summed E-state index contributed by atoms with van der Waals surface area (Å²) in [6.45, 7) is 16.6. The van der Waals surface area contributed by atoms with Crippen molar-refractivity contribution >= 4 is 23.3 Å². The van der Waals surface area contributed by atoms with Crippen LogP contribution < -0.4 is 10.6 Å².